The molecule has 0 atom stereocenters. The van der Waals surface area contributed by atoms with Crippen molar-refractivity contribution >= 4 is 16.7 Å². The highest BCUT2D eigenvalue weighted by atomic mass is 127. The van der Waals surface area contributed by atoms with Crippen molar-refractivity contribution in [2.45, 2.75) is 0 Å². The SMILES string of the molecule is COc1ccc2oc(-c3ccccc3)c(N3CC[N+](C)(C)CC3)c2c1.[I-]. The zero-order valence-electron chi connectivity index (χ0n) is 15.5. The summed E-state index contributed by atoms with van der Waals surface area (Å²) in [5.74, 6) is 1.82. The van der Waals surface area contributed by atoms with E-state index in [1.807, 2.05) is 18.2 Å². The van der Waals surface area contributed by atoms with Crippen molar-refractivity contribution in [3.8, 4) is 17.1 Å². The Morgan fingerprint density at radius 3 is 2.35 bits per heavy atom. The number of fused-ring (bicyclic) bond motifs is 1. The van der Waals surface area contributed by atoms with Gasteiger partial charge < -0.3 is 42.5 Å². The van der Waals surface area contributed by atoms with Gasteiger partial charge in [0, 0.05) is 10.9 Å². The Morgan fingerprint density at radius 1 is 1.00 bits per heavy atom. The summed E-state index contributed by atoms with van der Waals surface area (Å²) in [6, 6.07) is 16.4. The lowest BCUT2D eigenvalue weighted by Crippen LogP contribution is -3.00. The molecule has 0 aliphatic carbocycles. The van der Waals surface area contributed by atoms with Crippen LogP contribution in [0.2, 0.25) is 0 Å². The van der Waals surface area contributed by atoms with Crippen LogP contribution in [0.5, 0.6) is 5.75 Å². The van der Waals surface area contributed by atoms with Crippen LogP contribution in [0, 0.1) is 0 Å². The highest BCUT2D eigenvalue weighted by Crippen LogP contribution is 2.42. The summed E-state index contributed by atoms with van der Waals surface area (Å²) in [4.78, 5) is 2.47. The van der Waals surface area contributed by atoms with E-state index in [-0.39, 0.29) is 24.0 Å². The highest BCUT2D eigenvalue weighted by Gasteiger charge is 2.29. The number of likely N-dealkylation sites (N-methyl/N-ethyl adjacent to an activating group) is 1. The third-order valence-electron chi connectivity index (χ3n) is 5.17. The average molecular weight is 464 g/mol. The maximum absolute atomic E-state index is 6.29. The van der Waals surface area contributed by atoms with E-state index < -0.39 is 0 Å². The summed E-state index contributed by atoms with van der Waals surface area (Å²) in [6.07, 6.45) is 0. The number of rotatable bonds is 3. The van der Waals surface area contributed by atoms with Crippen molar-refractivity contribution in [3.05, 3.63) is 48.5 Å². The van der Waals surface area contributed by atoms with E-state index in [1.54, 1.807) is 7.11 Å². The molecular formula is C21H25IN2O2. The van der Waals surface area contributed by atoms with Gasteiger partial charge in [-0.05, 0) is 18.2 Å². The van der Waals surface area contributed by atoms with Gasteiger partial charge in [0.1, 0.15) is 11.3 Å². The molecule has 0 amide bonds. The minimum atomic E-state index is 0. The molecule has 0 bridgehead atoms. The van der Waals surface area contributed by atoms with Gasteiger partial charge in [-0.3, -0.25) is 0 Å². The predicted molar refractivity (Wildman–Crippen MR) is 102 cm³/mol. The molecule has 5 heteroatoms. The Labute approximate surface area is 172 Å². The van der Waals surface area contributed by atoms with Gasteiger partial charge in [-0.15, -0.1) is 0 Å². The largest absolute Gasteiger partial charge is 1.00 e. The van der Waals surface area contributed by atoms with Crippen molar-refractivity contribution in [2.75, 3.05) is 52.3 Å². The molecule has 4 rings (SSSR count). The highest BCUT2D eigenvalue weighted by molar-refractivity contribution is 6.00. The number of hydrogen-bond acceptors (Lipinski definition) is 3. The number of hydrogen-bond donors (Lipinski definition) is 0. The van der Waals surface area contributed by atoms with Crippen LogP contribution in [0.4, 0.5) is 5.69 Å². The lowest BCUT2D eigenvalue weighted by Gasteiger charge is -2.40. The summed E-state index contributed by atoms with van der Waals surface area (Å²) in [6.45, 7) is 4.31. The van der Waals surface area contributed by atoms with E-state index in [0.29, 0.717) is 0 Å². The van der Waals surface area contributed by atoms with E-state index in [4.69, 9.17) is 9.15 Å². The van der Waals surface area contributed by atoms with Crippen molar-refractivity contribution in [2.24, 2.45) is 0 Å². The summed E-state index contributed by atoms with van der Waals surface area (Å²) >= 11 is 0. The lowest BCUT2D eigenvalue weighted by molar-refractivity contribution is -0.890. The number of benzene rings is 2. The number of piperazine rings is 1. The molecule has 1 aromatic heterocycles. The third kappa shape index (κ3) is 3.55. The monoisotopic (exact) mass is 464 g/mol. The second kappa shape index (κ2) is 7.48. The predicted octanol–water partition coefficient (Wildman–Crippen LogP) is 1.01. The molecule has 1 fully saturated rings. The summed E-state index contributed by atoms with van der Waals surface area (Å²) < 4.78 is 12.8. The fourth-order valence-corrected chi connectivity index (χ4v) is 3.52. The standard InChI is InChI=1S/C21H25N2O2.HI/c1-23(2)13-11-22(12-14-23)20-18-15-17(24-3)9-10-19(18)25-21(20)16-7-5-4-6-8-16;/h4-10,15H,11-14H2,1-3H3;1H/q+1;/p-1. The number of methoxy groups -OCH3 is 1. The first kappa shape index (κ1) is 19.0. The second-order valence-corrected chi connectivity index (χ2v) is 7.38. The van der Waals surface area contributed by atoms with Crippen molar-refractivity contribution in [1.82, 2.24) is 0 Å². The molecule has 1 saturated heterocycles. The van der Waals surface area contributed by atoms with Crippen LogP contribution in [0.3, 0.4) is 0 Å². The van der Waals surface area contributed by atoms with E-state index in [0.717, 1.165) is 58.7 Å². The Morgan fingerprint density at radius 2 is 1.69 bits per heavy atom. The van der Waals surface area contributed by atoms with Crippen LogP contribution in [-0.4, -0.2) is 51.9 Å². The van der Waals surface area contributed by atoms with E-state index in [2.05, 4.69) is 49.3 Å². The van der Waals surface area contributed by atoms with Crippen LogP contribution in [0.15, 0.2) is 52.9 Å². The van der Waals surface area contributed by atoms with E-state index >= 15 is 0 Å². The van der Waals surface area contributed by atoms with Gasteiger partial charge >= 0.3 is 0 Å². The van der Waals surface area contributed by atoms with Gasteiger partial charge in [-0.1, -0.05) is 30.3 Å². The van der Waals surface area contributed by atoms with Crippen molar-refractivity contribution in [1.29, 1.82) is 0 Å². The Kier molecular flexibility index (Phi) is 5.48. The van der Waals surface area contributed by atoms with Crippen molar-refractivity contribution in [3.63, 3.8) is 0 Å². The minimum absolute atomic E-state index is 0. The van der Waals surface area contributed by atoms with Crippen molar-refractivity contribution < 1.29 is 37.6 Å². The first-order valence-corrected chi connectivity index (χ1v) is 8.80. The van der Waals surface area contributed by atoms with Crippen LogP contribution in [0.25, 0.3) is 22.3 Å². The quantitative estimate of drug-likeness (QED) is 0.428. The molecule has 0 N–H and O–H groups in total. The van der Waals surface area contributed by atoms with Gasteiger partial charge in [0.15, 0.2) is 5.76 Å². The summed E-state index contributed by atoms with van der Waals surface area (Å²) in [5.41, 5.74) is 3.22. The van der Waals surface area contributed by atoms with E-state index in [1.165, 1.54) is 5.69 Å². The average Bonchev–Trinajstić information content (AvgIpc) is 3.01. The van der Waals surface area contributed by atoms with E-state index in [9.17, 15) is 0 Å². The van der Waals surface area contributed by atoms with Crippen LogP contribution < -0.4 is 33.6 Å². The molecule has 2 heterocycles. The first-order chi connectivity index (χ1) is 12.1. The molecule has 26 heavy (non-hydrogen) atoms. The topological polar surface area (TPSA) is 25.6 Å². The van der Waals surface area contributed by atoms with Gasteiger partial charge in [-0.2, -0.15) is 0 Å². The fourth-order valence-electron chi connectivity index (χ4n) is 3.52. The van der Waals surface area contributed by atoms with Crippen LogP contribution in [-0.2, 0) is 0 Å². The van der Waals surface area contributed by atoms with Gasteiger partial charge in [0.25, 0.3) is 0 Å². The smallest absolute Gasteiger partial charge is 0.158 e. The van der Waals surface area contributed by atoms with Gasteiger partial charge in [0.05, 0.1) is 53.1 Å². The number of quaternary nitrogens is 1. The molecule has 1 aliphatic heterocycles. The van der Waals surface area contributed by atoms with Crippen LogP contribution >= 0.6 is 0 Å². The fraction of sp³-hybridized carbons (Fsp3) is 0.333. The second-order valence-electron chi connectivity index (χ2n) is 7.38. The Hall–Kier alpha value is -1.73. The number of halogens is 1. The molecule has 0 spiro atoms. The Bertz CT molecular complexity index is 880. The summed E-state index contributed by atoms with van der Waals surface area (Å²) in [7, 11) is 6.30. The molecule has 4 nitrogen and oxygen atoms in total. The number of furan rings is 1. The Balaban J connectivity index is 0.00000196. The molecule has 1 aliphatic rings. The number of ether oxygens (including phenoxy) is 1. The zero-order chi connectivity index (χ0) is 17.4. The zero-order valence-corrected chi connectivity index (χ0v) is 17.7. The normalized spacial score (nSPS) is 16.3. The van der Waals surface area contributed by atoms with Gasteiger partial charge in [0.2, 0.25) is 0 Å². The number of anilines is 1. The molecule has 0 unspecified atom stereocenters. The molecule has 0 radical (unpaired) electrons. The first-order valence-electron chi connectivity index (χ1n) is 8.80. The molecule has 2 aromatic carbocycles. The molecule has 3 aromatic rings. The van der Waals surface area contributed by atoms with Gasteiger partial charge in [-0.25, -0.2) is 0 Å². The molecular weight excluding hydrogens is 439 g/mol. The summed E-state index contributed by atoms with van der Waals surface area (Å²) in [5, 5.41) is 1.13. The number of nitrogens with zero attached hydrogens (tertiary/aromatic N) is 2. The third-order valence-corrected chi connectivity index (χ3v) is 5.17. The van der Waals surface area contributed by atoms with Crippen LogP contribution in [0.1, 0.15) is 0 Å². The maximum atomic E-state index is 6.29. The maximum Gasteiger partial charge on any atom is 0.158 e. The molecule has 138 valence electrons. The molecule has 0 saturated carbocycles. The lowest BCUT2D eigenvalue weighted by atomic mass is 10.1. The minimum Gasteiger partial charge on any atom is -1.00 e.